The molecule has 3 aromatic rings. The number of halogens is 2. The zero-order valence-corrected chi connectivity index (χ0v) is 16.6. The van der Waals surface area contributed by atoms with Gasteiger partial charge in [-0.1, -0.05) is 54.1 Å². The van der Waals surface area contributed by atoms with E-state index in [1.54, 1.807) is 18.3 Å². The van der Waals surface area contributed by atoms with Crippen LogP contribution in [-0.4, -0.2) is 46.9 Å². The van der Waals surface area contributed by atoms with Crippen LogP contribution in [0.3, 0.4) is 0 Å². The van der Waals surface area contributed by atoms with Crippen LogP contribution in [-0.2, 0) is 0 Å². The lowest BCUT2D eigenvalue weighted by atomic mass is 9.96. The number of carbonyl (C=O) groups is 1. The van der Waals surface area contributed by atoms with Crippen molar-refractivity contribution in [3.63, 3.8) is 0 Å². The van der Waals surface area contributed by atoms with Gasteiger partial charge in [-0.3, -0.25) is 9.69 Å². The molecule has 1 aliphatic rings. The van der Waals surface area contributed by atoms with Crippen LogP contribution in [0, 0.1) is 5.82 Å². The van der Waals surface area contributed by atoms with Gasteiger partial charge in [-0.2, -0.15) is 0 Å². The molecule has 4 rings (SSSR count). The normalized spacial score (nSPS) is 15.9. The number of amides is 1. The van der Waals surface area contributed by atoms with Crippen molar-refractivity contribution in [1.29, 1.82) is 0 Å². The number of pyridine rings is 1. The Labute approximate surface area is 174 Å². The number of rotatable bonds is 4. The highest BCUT2D eigenvalue weighted by atomic mass is 35.5. The molecule has 0 saturated carbocycles. The molecule has 6 heteroatoms. The molecule has 1 aromatic heterocycles. The van der Waals surface area contributed by atoms with E-state index in [1.807, 2.05) is 35.2 Å². The number of hydrogen-bond donors (Lipinski definition) is 0. The highest BCUT2D eigenvalue weighted by Crippen LogP contribution is 2.30. The quantitative estimate of drug-likeness (QED) is 0.598. The predicted molar refractivity (Wildman–Crippen MR) is 111 cm³/mol. The Hall–Kier alpha value is -2.76. The van der Waals surface area contributed by atoms with Crippen LogP contribution in [0.4, 0.5) is 4.39 Å². The predicted octanol–water partition coefficient (Wildman–Crippen LogP) is 4.42. The average Bonchev–Trinajstić information content (AvgIpc) is 2.76. The molecule has 148 valence electrons. The molecular weight excluding hydrogens is 389 g/mol. The number of carbonyl (C=O) groups excluding carboxylic acids is 1. The summed E-state index contributed by atoms with van der Waals surface area (Å²) in [7, 11) is 0. The maximum absolute atomic E-state index is 13.5. The minimum absolute atomic E-state index is 0.0102. The fraction of sp³-hybridized carbons (Fsp3) is 0.217. The summed E-state index contributed by atoms with van der Waals surface area (Å²) in [6, 6.07) is 20.3. The summed E-state index contributed by atoms with van der Waals surface area (Å²) in [6.45, 7) is 2.60. The van der Waals surface area contributed by atoms with Gasteiger partial charge in [-0.05, 0) is 35.4 Å². The molecule has 1 amide bonds. The highest BCUT2D eigenvalue weighted by molar-refractivity contribution is 6.32. The summed E-state index contributed by atoms with van der Waals surface area (Å²) < 4.78 is 13.5. The van der Waals surface area contributed by atoms with Crippen LogP contribution >= 0.6 is 11.6 Å². The molecule has 4 nitrogen and oxygen atoms in total. The van der Waals surface area contributed by atoms with Crippen molar-refractivity contribution in [3.05, 3.63) is 101 Å². The topological polar surface area (TPSA) is 36.4 Å². The van der Waals surface area contributed by atoms with Gasteiger partial charge < -0.3 is 4.90 Å². The SMILES string of the molecule is O=C(c1cccnc1Cl)N1CCN([C@H](c2ccccc2)c2ccc(F)cc2)CC1. The van der Waals surface area contributed by atoms with Crippen molar-refractivity contribution in [2.45, 2.75) is 6.04 Å². The molecule has 0 bridgehead atoms. The maximum Gasteiger partial charge on any atom is 0.257 e. The molecule has 0 spiro atoms. The van der Waals surface area contributed by atoms with Gasteiger partial charge >= 0.3 is 0 Å². The molecular formula is C23H21ClFN3O. The number of benzene rings is 2. The van der Waals surface area contributed by atoms with E-state index in [2.05, 4.69) is 22.0 Å². The smallest absolute Gasteiger partial charge is 0.257 e. The first-order valence-corrected chi connectivity index (χ1v) is 9.95. The van der Waals surface area contributed by atoms with Crippen molar-refractivity contribution < 1.29 is 9.18 Å². The lowest BCUT2D eigenvalue weighted by Crippen LogP contribution is -2.50. The molecule has 2 heterocycles. The summed E-state index contributed by atoms with van der Waals surface area (Å²) in [5, 5.41) is 0.230. The number of nitrogens with zero attached hydrogens (tertiary/aromatic N) is 3. The number of aromatic nitrogens is 1. The van der Waals surface area contributed by atoms with Gasteiger partial charge in [0.1, 0.15) is 11.0 Å². The molecule has 1 aliphatic heterocycles. The molecule has 1 saturated heterocycles. The van der Waals surface area contributed by atoms with Crippen molar-refractivity contribution in [2.24, 2.45) is 0 Å². The van der Waals surface area contributed by atoms with E-state index in [1.165, 1.54) is 12.1 Å². The lowest BCUT2D eigenvalue weighted by Gasteiger charge is -2.39. The fourth-order valence-electron chi connectivity index (χ4n) is 3.79. The van der Waals surface area contributed by atoms with Crippen molar-refractivity contribution in [1.82, 2.24) is 14.8 Å². The van der Waals surface area contributed by atoms with Gasteiger partial charge in [0.05, 0.1) is 11.6 Å². The van der Waals surface area contributed by atoms with E-state index in [-0.39, 0.29) is 22.9 Å². The second-order valence-electron chi connectivity index (χ2n) is 7.03. The van der Waals surface area contributed by atoms with E-state index in [0.717, 1.165) is 11.1 Å². The molecule has 0 N–H and O–H groups in total. The maximum atomic E-state index is 13.5. The van der Waals surface area contributed by atoms with Crippen molar-refractivity contribution >= 4 is 17.5 Å². The standard InChI is InChI=1S/C23H21ClFN3O/c24-22-20(7-4-12-26-22)23(29)28-15-13-27(14-16-28)21(17-5-2-1-3-6-17)18-8-10-19(25)11-9-18/h1-12,21H,13-16H2/t21-/m1/s1. The average molecular weight is 410 g/mol. The lowest BCUT2D eigenvalue weighted by molar-refractivity contribution is 0.0597. The molecule has 1 atom stereocenters. The van der Waals surface area contributed by atoms with Crippen molar-refractivity contribution in [3.8, 4) is 0 Å². The van der Waals surface area contributed by atoms with E-state index in [0.29, 0.717) is 31.7 Å². The second kappa shape index (κ2) is 8.72. The van der Waals surface area contributed by atoms with Crippen LogP contribution in [0.1, 0.15) is 27.5 Å². The summed E-state index contributed by atoms with van der Waals surface area (Å²) >= 11 is 6.09. The Balaban J connectivity index is 1.53. The van der Waals surface area contributed by atoms with E-state index in [9.17, 15) is 9.18 Å². The summed E-state index contributed by atoms with van der Waals surface area (Å²) in [4.78, 5) is 21.0. The monoisotopic (exact) mass is 409 g/mol. The van der Waals surface area contributed by atoms with E-state index >= 15 is 0 Å². The summed E-state index contributed by atoms with van der Waals surface area (Å²) in [5.41, 5.74) is 2.61. The minimum Gasteiger partial charge on any atom is -0.336 e. The van der Waals surface area contributed by atoms with Gasteiger partial charge in [-0.15, -0.1) is 0 Å². The molecule has 29 heavy (non-hydrogen) atoms. The Morgan fingerprint density at radius 2 is 1.55 bits per heavy atom. The van der Waals surface area contributed by atoms with Gasteiger partial charge in [0, 0.05) is 32.4 Å². The summed E-state index contributed by atoms with van der Waals surface area (Å²) in [6.07, 6.45) is 1.57. The summed E-state index contributed by atoms with van der Waals surface area (Å²) in [5.74, 6) is -0.342. The van der Waals surface area contributed by atoms with Crippen molar-refractivity contribution in [2.75, 3.05) is 26.2 Å². The Kier molecular flexibility index (Phi) is 5.88. The van der Waals surface area contributed by atoms with E-state index < -0.39 is 0 Å². The Morgan fingerprint density at radius 3 is 2.21 bits per heavy atom. The third kappa shape index (κ3) is 4.31. The third-order valence-electron chi connectivity index (χ3n) is 5.26. The first kappa shape index (κ1) is 19.6. The molecule has 0 radical (unpaired) electrons. The highest BCUT2D eigenvalue weighted by Gasteiger charge is 2.29. The third-order valence-corrected chi connectivity index (χ3v) is 5.56. The minimum atomic E-state index is -0.246. The van der Waals surface area contributed by atoms with E-state index in [4.69, 9.17) is 11.6 Å². The van der Waals surface area contributed by atoms with Crippen LogP contribution in [0.15, 0.2) is 72.9 Å². The first-order valence-electron chi connectivity index (χ1n) is 9.58. The largest absolute Gasteiger partial charge is 0.336 e. The van der Waals surface area contributed by atoms with Crippen LogP contribution < -0.4 is 0 Å². The van der Waals surface area contributed by atoms with Crippen LogP contribution in [0.25, 0.3) is 0 Å². The Morgan fingerprint density at radius 1 is 0.897 bits per heavy atom. The fourth-order valence-corrected chi connectivity index (χ4v) is 3.99. The van der Waals surface area contributed by atoms with Gasteiger partial charge in [0.15, 0.2) is 0 Å². The van der Waals surface area contributed by atoms with Gasteiger partial charge in [0.25, 0.3) is 5.91 Å². The second-order valence-corrected chi connectivity index (χ2v) is 7.39. The first-order chi connectivity index (χ1) is 14.1. The van der Waals surface area contributed by atoms with Crippen LogP contribution in [0.2, 0.25) is 5.15 Å². The molecule has 2 aromatic carbocycles. The van der Waals surface area contributed by atoms with Gasteiger partial charge in [0.2, 0.25) is 0 Å². The molecule has 1 fully saturated rings. The number of piperazine rings is 1. The Bertz CT molecular complexity index is 973. The van der Waals surface area contributed by atoms with Gasteiger partial charge in [-0.25, -0.2) is 9.37 Å². The van der Waals surface area contributed by atoms with Crippen LogP contribution in [0.5, 0.6) is 0 Å². The number of hydrogen-bond acceptors (Lipinski definition) is 3. The zero-order valence-electron chi connectivity index (χ0n) is 15.8. The molecule has 0 aliphatic carbocycles. The molecule has 0 unspecified atom stereocenters. The zero-order chi connectivity index (χ0) is 20.2.